The highest BCUT2D eigenvalue weighted by Gasteiger charge is 2.43. The normalized spacial score (nSPS) is 25.6. The molecule has 2 rings (SSSR count). The van der Waals surface area contributed by atoms with E-state index in [1.54, 1.807) is 27.3 Å². The number of carbonyl (C=O) groups is 1. The summed E-state index contributed by atoms with van der Waals surface area (Å²) in [7, 11) is 4.99. The fourth-order valence-electron chi connectivity index (χ4n) is 4.00. The van der Waals surface area contributed by atoms with Gasteiger partial charge >= 0.3 is 6.18 Å². The highest BCUT2D eigenvalue weighted by atomic mass is 19.4. The van der Waals surface area contributed by atoms with Crippen LogP contribution < -0.4 is 16.9 Å². The standard InChI is InChI=1S/C20H30F3N5O/c1-13-9-19(11-18(29)27(2)3,10-17(26-13)16(24)12-28(4)25)14-5-7-15(8-6-14)20(21,22)23/h5-8,12-13,17,26H,9-11,24-25H2,1-4H3/b16-12-/t13-,17-,19+/m0/s1. The molecule has 1 saturated heterocycles. The molecule has 162 valence electrons. The predicted octanol–water partition coefficient (Wildman–Crippen LogP) is 2.17. The molecule has 1 aromatic rings. The van der Waals surface area contributed by atoms with Crippen molar-refractivity contribution in [3.8, 4) is 0 Å². The number of benzene rings is 1. The lowest BCUT2D eigenvalue weighted by atomic mass is 9.66. The summed E-state index contributed by atoms with van der Waals surface area (Å²) in [4.78, 5) is 14.1. The zero-order valence-electron chi connectivity index (χ0n) is 17.3. The van der Waals surface area contributed by atoms with Gasteiger partial charge in [0, 0.05) is 57.0 Å². The zero-order valence-corrected chi connectivity index (χ0v) is 17.3. The second-order valence-corrected chi connectivity index (χ2v) is 8.14. The van der Waals surface area contributed by atoms with Gasteiger partial charge in [-0.3, -0.25) is 4.79 Å². The molecule has 1 heterocycles. The summed E-state index contributed by atoms with van der Waals surface area (Å²) in [6.07, 6.45) is -1.56. The van der Waals surface area contributed by atoms with Crippen LogP contribution in [0.2, 0.25) is 0 Å². The van der Waals surface area contributed by atoms with Crippen molar-refractivity contribution < 1.29 is 18.0 Å². The van der Waals surface area contributed by atoms with Gasteiger partial charge in [-0.1, -0.05) is 12.1 Å². The van der Waals surface area contributed by atoms with E-state index in [0.717, 1.165) is 12.1 Å². The first-order valence-electron chi connectivity index (χ1n) is 9.43. The first-order valence-corrected chi connectivity index (χ1v) is 9.43. The molecule has 0 saturated carbocycles. The molecule has 1 aromatic carbocycles. The minimum atomic E-state index is -4.41. The molecular weight excluding hydrogens is 383 g/mol. The van der Waals surface area contributed by atoms with Crippen molar-refractivity contribution in [1.82, 2.24) is 15.2 Å². The molecule has 29 heavy (non-hydrogen) atoms. The van der Waals surface area contributed by atoms with E-state index in [0.29, 0.717) is 24.1 Å². The molecule has 1 aliphatic heterocycles. The summed E-state index contributed by atoms with van der Waals surface area (Å²) in [5.74, 6) is 5.59. The Morgan fingerprint density at radius 3 is 2.31 bits per heavy atom. The first kappa shape index (κ1) is 23.0. The van der Waals surface area contributed by atoms with Crippen LogP contribution in [0.5, 0.6) is 0 Å². The number of alkyl halides is 3. The van der Waals surface area contributed by atoms with Gasteiger partial charge in [-0.15, -0.1) is 0 Å². The van der Waals surface area contributed by atoms with Gasteiger partial charge in [-0.2, -0.15) is 13.2 Å². The maximum Gasteiger partial charge on any atom is 0.416 e. The number of hydrogen-bond acceptors (Lipinski definition) is 5. The quantitative estimate of drug-likeness (QED) is 0.509. The minimum absolute atomic E-state index is 0.000959. The lowest BCUT2D eigenvalue weighted by molar-refractivity contribution is -0.137. The monoisotopic (exact) mass is 413 g/mol. The summed E-state index contributed by atoms with van der Waals surface area (Å²) < 4.78 is 39.0. The molecule has 6 nitrogen and oxygen atoms in total. The van der Waals surface area contributed by atoms with Crippen LogP contribution >= 0.6 is 0 Å². The SMILES string of the molecule is C[C@H]1C[C@@](CC(=O)N(C)C)(c2ccc(C(F)(F)F)cc2)C[C@@H](/C(N)=C/N(C)N)N1. The third-order valence-electron chi connectivity index (χ3n) is 5.35. The Bertz CT molecular complexity index is 745. The number of hydrazine groups is 1. The molecule has 9 heteroatoms. The topological polar surface area (TPSA) is 87.6 Å². The number of nitrogens with zero attached hydrogens (tertiary/aromatic N) is 2. The molecule has 0 radical (unpaired) electrons. The van der Waals surface area contributed by atoms with Crippen molar-refractivity contribution in [3.63, 3.8) is 0 Å². The van der Waals surface area contributed by atoms with E-state index in [1.165, 1.54) is 22.0 Å². The van der Waals surface area contributed by atoms with Gasteiger partial charge in [0.15, 0.2) is 0 Å². The molecule has 3 atom stereocenters. The molecular formula is C20H30F3N5O. The first-order chi connectivity index (χ1) is 13.3. The fraction of sp³-hybridized carbons (Fsp3) is 0.550. The van der Waals surface area contributed by atoms with Crippen molar-refractivity contribution in [2.24, 2.45) is 11.6 Å². The number of piperidine rings is 1. The Labute approximate surface area is 169 Å². The Hall–Kier alpha value is -2.26. The number of rotatable bonds is 5. The van der Waals surface area contributed by atoms with Crippen LogP contribution in [-0.4, -0.2) is 49.0 Å². The Morgan fingerprint density at radius 1 is 1.24 bits per heavy atom. The third kappa shape index (κ3) is 5.63. The molecule has 0 aromatic heterocycles. The van der Waals surface area contributed by atoms with E-state index >= 15 is 0 Å². The lowest BCUT2D eigenvalue weighted by Crippen LogP contribution is -2.54. The molecule has 0 bridgehead atoms. The second kappa shape index (κ2) is 8.62. The lowest BCUT2D eigenvalue weighted by Gasteiger charge is -2.45. The highest BCUT2D eigenvalue weighted by Crippen LogP contribution is 2.42. The smallest absolute Gasteiger partial charge is 0.400 e. The van der Waals surface area contributed by atoms with Gasteiger partial charge in [0.25, 0.3) is 0 Å². The summed E-state index contributed by atoms with van der Waals surface area (Å²) in [5, 5.41) is 4.75. The van der Waals surface area contributed by atoms with Crippen LogP contribution in [0.25, 0.3) is 0 Å². The average molecular weight is 413 g/mol. The minimum Gasteiger partial charge on any atom is -0.400 e. The fourth-order valence-corrected chi connectivity index (χ4v) is 4.00. The van der Waals surface area contributed by atoms with Crippen LogP contribution in [0.3, 0.4) is 0 Å². The largest absolute Gasteiger partial charge is 0.416 e. The van der Waals surface area contributed by atoms with E-state index in [9.17, 15) is 18.0 Å². The van der Waals surface area contributed by atoms with Crippen molar-refractivity contribution in [2.75, 3.05) is 21.1 Å². The van der Waals surface area contributed by atoms with Gasteiger partial charge in [0.1, 0.15) is 0 Å². The summed E-state index contributed by atoms with van der Waals surface area (Å²) >= 11 is 0. The number of nitrogens with one attached hydrogen (secondary N) is 1. The van der Waals surface area contributed by atoms with E-state index in [4.69, 9.17) is 11.6 Å². The summed E-state index contributed by atoms with van der Waals surface area (Å²) in [5.41, 5.74) is 6.07. The molecule has 1 amide bonds. The van der Waals surface area contributed by atoms with Crippen molar-refractivity contribution in [1.29, 1.82) is 0 Å². The Morgan fingerprint density at radius 2 is 1.83 bits per heavy atom. The molecule has 0 unspecified atom stereocenters. The van der Waals surface area contributed by atoms with Gasteiger partial charge in [0.05, 0.1) is 5.56 Å². The molecule has 1 aliphatic rings. The number of hydrogen-bond donors (Lipinski definition) is 3. The van der Waals surface area contributed by atoms with Gasteiger partial charge in [-0.25, -0.2) is 5.84 Å². The number of nitrogens with two attached hydrogens (primary N) is 2. The van der Waals surface area contributed by atoms with Crippen LogP contribution in [-0.2, 0) is 16.4 Å². The third-order valence-corrected chi connectivity index (χ3v) is 5.35. The predicted molar refractivity (Wildman–Crippen MR) is 106 cm³/mol. The maximum atomic E-state index is 13.0. The second-order valence-electron chi connectivity index (χ2n) is 8.14. The van der Waals surface area contributed by atoms with E-state index in [2.05, 4.69) is 5.32 Å². The number of halogens is 3. The van der Waals surface area contributed by atoms with Crippen molar-refractivity contribution in [2.45, 2.75) is 49.9 Å². The van der Waals surface area contributed by atoms with E-state index in [-0.39, 0.29) is 24.4 Å². The van der Waals surface area contributed by atoms with Gasteiger partial charge in [-0.05, 0) is 37.5 Å². The summed E-state index contributed by atoms with van der Waals surface area (Å²) in [6, 6.07) is 4.85. The Balaban J connectivity index is 2.48. The van der Waals surface area contributed by atoms with Crippen LogP contribution in [0, 0.1) is 0 Å². The van der Waals surface area contributed by atoms with E-state index < -0.39 is 17.2 Å². The number of carbonyl (C=O) groups excluding carboxylic acids is 1. The molecule has 5 N–H and O–H groups in total. The maximum absolute atomic E-state index is 13.0. The van der Waals surface area contributed by atoms with Crippen molar-refractivity contribution in [3.05, 3.63) is 47.3 Å². The molecule has 0 spiro atoms. The Kier molecular flexibility index (Phi) is 6.85. The van der Waals surface area contributed by atoms with Crippen LogP contribution in [0.4, 0.5) is 13.2 Å². The molecule has 1 fully saturated rings. The summed E-state index contributed by atoms with van der Waals surface area (Å²) in [6.45, 7) is 1.98. The van der Waals surface area contributed by atoms with Crippen LogP contribution in [0.15, 0.2) is 36.2 Å². The average Bonchev–Trinajstić information content (AvgIpc) is 2.59. The van der Waals surface area contributed by atoms with Crippen molar-refractivity contribution >= 4 is 5.91 Å². The zero-order chi connectivity index (χ0) is 22.0. The van der Waals surface area contributed by atoms with Gasteiger partial charge < -0.3 is 21.0 Å². The van der Waals surface area contributed by atoms with Crippen LogP contribution in [0.1, 0.15) is 37.3 Å². The highest BCUT2D eigenvalue weighted by molar-refractivity contribution is 5.77. The molecule has 0 aliphatic carbocycles. The number of amides is 1. The van der Waals surface area contributed by atoms with Gasteiger partial charge in [0.2, 0.25) is 5.91 Å². The van der Waals surface area contributed by atoms with E-state index in [1.807, 2.05) is 6.92 Å².